The molecule has 0 saturated heterocycles. The van der Waals surface area contributed by atoms with Gasteiger partial charge in [-0.25, -0.2) is 4.39 Å². The minimum Gasteiger partial charge on any atom is -0.298 e. The molecule has 0 N–H and O–H groups in total. The van der Waals surface area contributed by atoms with Crippen LogP contribution in [0.15, 0.2) is 109 Å². The second kappa shape index (κ2) is 7.68. The topological polar surface area (TPSA) is 17.1 Å². The molecule has 6 aromatic rings. The van der Waals surface area contributed by atoms with Crippen molar-refractivity contribution in [3.05, 3.63) is 121 Å². The summed E-state index contributed by atoms with van der Waals surface area (Å²) in [6.07, 6.45) is 0.874. The van der Waals surface area contributed by atoms with E-state index < -0.39 is 0 Å². The van der Waals surface area contributed by atoms with Crippen LogP contribution in [0.5, 0.6) is 0 Å². The predicted molar refractivity (Wildman–Crippen MR) is 135 cm³/mol. The minimum absolute atomic E-state index is 0.265. The minimum atomic E-state index is -0.265. The first kappa shape index (κ1) is 19.4. The summed E-state index contributed by atoms with van der Waals surface area (Å²) in [5.74, 6) is -0.265. The van der Waals surface area contributed by atoms with Gasteiger partial charge in [0.2, 0.25) is 0 Å². The third-order valence-electron chi connectivity index (χ3n) is 6.34. The first-order valence-corrected chi connectivity index (χ1v) is 10.9. The zero-order valence-electron chi connectivity index (χ0n) is 17.8. The van der Waals surface area contributed by atoms with Crippen LogP contribution in [0.4, 0.5) is 4.39 Å². The lowest BCUT2D eigenvalue weighted by Crippen LogP contribution is -1.91. The van der Waals surface area contributed by atoms with Crippen LogP contribution in [-0.2, 0) is 0 Å². The fourth-order valence-electron chi connectivity index (χ4n) is 4.84. The third-order valence-corrected chi connectivity index (χ3v) is 6.34. The number of carbonyl (C=O) groups is 1. The number of benzene rings is 6. The van der Waals surface area contributed by atoms with Gasteiger partial charge in [-0.2, -0.15) is 0 Å². The Morgan fingerprint density at radius 3 is 1.88 bits per heavy atom. The maximum atomic E-state index is 14.5. The fraction of sp³-hybridized carbons (Fsp3) is 0. The Morgan fingerprint density at radius 2 is 1.15 bits per heavy atom. The van der Waals surface area contributed by atoms with Crippen molar-refractivity contribution in [2.45, 2.75) is 0 Å². The molecule has 33 heavy (non-hydrogen) atoms. The van der Waals surface area contributed by atoms with Crippen LogP contribution < -0.4 is 0 Å². The zero-order valence-corrected chi connectivity index (χ0v) is 17.8. The van der Waals surface area contributed by atoms with Crippen LogP contribution in [0.1, 0.15) is 10.4 Å². The Morgan fingerprint density at radius 1 is 0.515 bits per heavy atom. The highest BCUT2D eigenvalue weighted by Gasteiger charge is 2.16. The van der Waals surface area contributed by atoms with Gasteiger partial charge < -0.3 is 0 Å². The summed E-state index contributed by atoms with van der Waals surface area (Å²) < 4.78 is 14.5. The average Bonchev–Trinajstić information content (AvgIpc) is 2.88. The maximum Gasteiger partial charge on any atom is 0.150 e. The third kappa shape index (κ3) is 3.19. The van der Waals surface area contributed by atoms with E-state index in [4.69, 9.17) is 0 Å². The number of hydrogen-bond donors (Lipinski definition) is 0. The Kier molecular flexibility index (Phi) is 4.51. The Labute approximate surface area is 190 Å². The SMILES string of the molecule is O=Cc1ccc2c3ccc(F)cc3c3c(-c4ccccc4)cc(-c4ccccc4)cc3c2c1. The molecule has 0 saturated carbocycles. The van der Waals surface area contributed by atoms with Crippen molar-refractivity contribution in [1.82, 2.24) is 0 Å². The lowest BCUT2D eigenvalue weighted by atomic mass is 9.86. The van der Waals surface area contributed by atoms with Gasteiger partial charge in [-0.05, 0) is 84.9 Å². The Bertz CT molecular complexity index is 1670. The highest BCUT2D eigenvalue weighted by Crippen LogP contribution is 2.43. The van der Waals surface area contributed by atoms with E-state index in [-0.39, 0.29) is 5.82 Å². The van der Waals surface area contributed by atoms with Crippen molar-refractivity contribution in [3.8, 4) is 22.3 Å². The molecule has 0 fully saturated rings. The molecule has 0 heterocycles. The number of fused-ring (bicyclic) bond motifs is 6. The van der Waals surface area contributed by atoms with Gasteiger partial charge >= 0.3 is 0 Å². The van der Waals surface area contributed by atoms with E-state index >= 15 is 0 Å². The summed E-state index contributed by atoms with van der Waals surface area (Å²) in [5, 5.41) is 5.84. The normalized spacial score (nSPS) is 11.3. The van der Waals surface area contributed by atoms with Crippen molar-refractivity contribution >= 4 is 38.6 Å². The largest absolute Gasteiger partial charge is 0.298 e. The van der Waals surface area contributed by atoms with E-state index in [0.717, 1.165) is 60.9 Å². The molecule has 0 amide bonds. The molecule has 6 aromatic carbocycles. The highest BCUT2D eigenvalue weighted by molar-refractivity contribution is 6.29. The molecule has 0 aliphatic carbocycles. The van der Waals surface area contributed by atoms with E-state index in [9.17, 15) is 9.18 Å². The molecule has 0 radical (unpaired) electrons. The molecule has 0 aliphatic heterocycles. The first-order chi connectivity index (χ1) is 16.2. The number of aldehydes is 1. The van der Waals surface area contributed by atoms with Crippen molar-refractivity contribution in [3.63, 3.8) is 0 Å². The highest BCUT2D eigenvalue weighted by atomic mass is 19.1. The van der Waals surface area contributed by atoms with E-state index in [1.54, 1.807) is 6.07 Å². The van der Waals surface area contributed by atoms with Crippen molar-refractivity contribution in [1.29, 1.82) is 0 Å². The maximum absolute atomic E-state index is 14.5. The average molecular weight is 426 g/mol. The molecule has 0 spiro atoms. The molecular weight excluding hydrogens is 407 g/mol. The van der Waals surface area contributed by atoms with Gasteiger partial charge in [0.25, 0.3) is 0 Å². The molecular formula is C31H19FO. The van der Waals surface area contributed by atoms with Gasteiger partial charge in [-0.1, -0.05) is 78.9 Å². The van der Waals surface area contributed by atoms with Gasteiger partial charge in [0.15, 0.2) is 0 Å². The number of hydrogen-bond acceptors (Lipinski definition) is 1. The Balaban J connectivity index is 1.89. The second-order valence-corrected chi connectivity index (χ2v) is 8.29. The van der Waals surface area contributed by atoms with Crippen molar-refractivity contribution in [2.24, 2.45) is 0 Å². The lowest BCUT2D eigenvalue weighted by molar-refractivity contribution is 0.112. The molecule has 2 heteroatoms. The van der Waals surface area contributed by atoms with Crippen molar-refractivity contribution < 1.29 is 9.18 Å². The van der Waals surface area contributed by atoms with Gasteiger partial charge in [0.05, 0.1) is 0 Å². The predicted octanol–water partition coefficient (Wildman–Crippen LogP) is 8.43. The monoisotopic (exact) mass is 426 g/mol. The van der Waals surface area contributed by atoms with E-state index in [1.165, 1.54) is 6.07 Å². The van der Waals surface area contributed by atoms with Crippen LogP contribution in [0.25, 0.3) is 54.6 Å². The van der Waals surface area contributed by atoms with Crippen molar-refractivity contribution in [2.75, 3.05) is 0 Å². The van der Waals surface area contributed by atoms with Crippen LogP contribution in [0.2, 0.25) is 0 Å². The van der Waals surface area contributed by atoms with E-state index in [0.29, 0.717) is 5.56 Å². The fourth-order valence-corrected chi connectivity index (χ4v) is 4.84. The molecule has 6 rings (SSSR count). The van der Waals surface area contributed by atoms with Gasteiger partial charge in [-0.3, -0.25) is 4.79 Å². The molecule has 0 aromatic heterocycles. The van der Waals surface area contributed by atoms with E-state index in [2.05, 4.69) is 36.4 Å². The van der Waals surface area contributed by atoms with Gasteiger partial charge in [0, 0.05) is 5.56 Å². The van der Waals surface area contributed by atoms with Crippen LogP contribution in [-0.4, -0.2) is 6.29 Å². The molecule has 0 atom stereocenters. The zero-order chi connectivity index (χ0) is 22.4. The summed E-state index contributed by atoms with van der Waals surface area (Å²) in [5.41, 5.74) is 4.92. The smallest absolute Gasteiger partial charge is 0.150 e. The van der Waals surface area contributed by atoms with Crippen LogP contribution in [0.3, 0.4) is 0 Å². The quantitative estimate of drug-likeness (QED) is 0.205. The lowest BCUT2D eigenvalue weighted by Gasteiger charge is -2.17. The molecule has 1 nitrogen and oxygen atoms in total. The summed E-state index contributed by atoms with van der Waals surface area (Å²) in [6, 6.07) is 35.5. The summed E-state index contributed by atoms with van der Waals surface area (Å²) >= 11 is 0. The number of rotatable bonds is 3. The number of halogens is 1. The summed E-state index contributed by atoms with van der Waals surface area (Å²) in [6.45, 7) is 0. The van der Waals surface area contributed by atoms with E-state index in [1.807, 2.05) is 60.7 Å². The molecule has 0 aliphatic rings. The van der Waals surface area contributed by atoms with Gasteiger partial charge in [-0.15, -0.1) is 0 Å². The summed E-state index contributed by atoms with van der Waals surface area (Å²) in [4.78, 5) is 11.6. The standard InChI is InChI=1S/C31H19FO/c32-24-12-14-26-25-13-11-20(19-33)15-28(25)29-17-23(21-7-3-1-4-8-21)16-27(31(29)30(26)18-24)22-9-5-2-6-10-22/h1-19H. The van der Waals surface area contributed by atoms with Crippen LogP contribution in [0, 0.1) is 5.82 Å². The molecule has 0 bridgehead atoms. The van der Waals surface area contributed by atoms with Crippen LogP contribution >= 0.6 is 0 Å². The van der Waals surface area contributed by atoms with Gasteiger partial charge in [0.1, 0.15) is 12.1 Å². The Hall–Kier alpha value is -4.30. The second-order valence-electron chi connectivity index (χ2n) is 8.29. The summed E-state index contributed by atoms with van der Waals surface area (Å²) in [7, 11) is 0. The molecule has 156 valence electrons. The molecule has 0 unspecified atom stereocenters. The number of carbonyl (C=O) groups excluding carboxylic acids is 1. The first-order valence-electron chi connectivity index (χ1n) is 10.9.